The van der Waals surface area contributed by atoms with Gasteiger partial charge in [0.25, 0.3) is 5.91 Å². The van der Waals surface area contributed by atoms with Crippen LogP contribution in [0.15, 0.2) is 40.9 Å². The van der Waals surface area contributed by atoms with Gasteiger partial charge in [0.2, 0.25) is 5.91 Å². The summed E-state index contributed by atoms with van der Waals surface area (Å²) in [7, 11) is 0. The second kappa shape index (κ2) is 7.22. The van der Waals surface area contributed by atoms with Crippen molar-refractivity contribution in [1.82, 2.24) is 15.4 Å². The Balaban J connectivity index is 1.82. The molecule has 1 aromatic heterocycles. The van der Waals surface area contributed by atoms with Crippen LogP contribution in [0.2, 0.25) is 0 Å². The van der Waals surface area contributed by atoms with E-state index in [9.17, 15) is 14.4 Å². The molecule has 4 amide bonds. The van der Waals surface area contributed by atoms with Crippen molar-refractivity contribution in [3.05, 3.63) is 47.7 Å². The van der Waals surface area contributed by atoms with Crippen LogP contribution in [0.5, 0.6) is 0 Å². The second-order valence-corrected chi connectivity index (χ2v) is 7.06. The van der Waals surface area contributed by atoms with Crippen molar-refractivity contribution in [2.24, 2.45) is 5.92 Å². The first-order valence-corrected chi connectivity index (χ1v) is 8.74. The maximum absolute atomic E-state index is 13.2. The lowest BCUT2D eigenvalue weighted by Gasteiger charge is -2.29. The summed E-state index contributed by atoms with van der Waals surface area (Å²) in [4.78, 5) is 38.9. The fourth-order valence-electron chi connectivity index (χ4n) is 3.31. The number of rotatable bonds is 6. The molecule has 2 N–H and O–H groups in total. The molecule has 3 rings (SSSR count). The lowest BCUT2D eigenvalue weighted by Crippen LogP contribution is -2.45. The molecular weight excluding hydrogens is 348 g/mol. The van der Waals surface area contributed by atoms with Gasteiger partial charge in [-0.3, -0.25) is 14.5 Å². The van der Waals surface area contributed by atoms with E-state index in [1.54, 1.807) is 13.0 Å². The number of aromatic nitrogens is 1. The van der Waals surface area contributed by atoms with Crippen LogP contribution in [0.3, 0.4) is 0 Å². The Kier molecular flexibility index (Phi) is 4.98. The van der Waals surface area contributed by atoms with Gasteiger partial charge in [0.15, 0.2) is 5.82 Å². The zero-order chi connectivity index (χ0) is 19.6. The summed E-state index contributed by atoms with van der Waals surface area (Å²) in [6, 6.07) is 10.1. The first kappa shape index (κ1) is 18.6. The first-order chi connectivity index (χ1) is 12.8. The molecular formula is C19H22N4O4. The molecule has 8 heteroatoms. The molecule has 0 radical (unpaired) electrons. The second-order valence-electron chi connectivity index (χ2n) is 7.06. The topological polar surface area (TPSA) is 105 Å². The van der Waals surface area contributed by atoms with Gasteiger partial charge in [0, 0.05) is 6.07 Å². The highest BCUT2D eigenvalue weighted by Gasteiger charge is 2.52. The van der Waals surface area contributed by atoms with Gasteiger partial charge in [-0.15, -0.1) is 0 Å². The molecule has 0 saturated carbocycles. The Bertz CT molecular complexity index is 862. The Morgan fingerprint density at radius 2 is 2.00 bits per heavy atom. The number of carbonyl (C=O) groups is 3. The van der Waals surface area contributed by atoms with Gasteiger partial charge >= 0.3 is 6.03 Å². The lowest BCUT2D eigenvalue weighted by atomic mass is 9.82. The van der Waals surface area contributed by atoms with Crippen LogP contribution in [-0.2, 0) is 15.1 Å². The van der Waals surface area contributed by atoms with Crippen molar-refractivity contribution in [2.75, 3.05) is 11.9 Å². The fraction of sp³-hybridized carbons (Fsp3) is 0.368. The summed E-state index contributed by atoms with van der Waals surface area (Å²) in [6.07, 6.45) is 0.433. The number of aryl methyl sites for hydroxylation is 1. The van der Waals surface area contributed by atoms with Gasteiger partial charge in [-0.1, -0.05) is 49.3 Å². The quantitative estimate of drug-likeness (QED) is 0.760. The van der Waals surface area contributed by atoms with E-state index in [4.69, 9.17) is 4.52 Å². The minimum Gasteiger partial charge on any atom is -0.360 e. The molecule has 1 fully saturated rings. The summed E-state index contributed by atoms with van der Waals surface area (Å²) in [5.74, 6) is -0.0261. The van der Waals surface area contributed by atoms with Gasteiger partial charge in [-0.05, 0) is 24.8 Å². The van der Waals surface area contributed by atoms with E-state index in [0.717, 1.165) is 4.90 Å². The van der Waals surface area contributed by atoms with Gasteiger partial charge in [-0.2, -0.15) is 0 Å². The van der Waals surface area contributed by atoms with E-state index in [0.29, 0.717) is 17.7 Å². The number of nitrogens with one attached hydrogen (secondary N) is 2. The van der Waals surface area contributed by atoms with Crippen molar-refractivity contribution in [3.63, 3.8) is 0 Å². The molecule has 27 heavy (non-hydrogen) atoms. The van der Waals surface area contributed by atoms with Crippen LogP contribution >= 0.6 is 0 Å². The van der Waals surface area contributed by atoms with Crippen molar-refractivity contribution in [1.29, 1.82) is 0 Å². The molecule has 0 unspecified atom stereocenters. The molecule has 1 saturated heterocycles. The number of nitrogens with zero attached hydrogens (tertiary/aromatic N) is 2. The van der Waals surface area contributed by atoms with E-state index in [-0.39, 0.29) is 11.7 Å². The molecule has 0 aliphatic carbocycles. The smallest absolute Gasteiger partial charge is 0.325 e. The minimum absolute atomic E-state index is 0.154. The molecule has 2 aromatic rings. The van der Waals surface area contributed by atoms with Gasteiger partial charge < -0.3 is 15.2 Å². The van der Waals surface area contributed by atoms with Gasteiger partial charge in [0.05, 0.1) is 0 Å². The monoisotopic (exact) mass is 370 g/mol. The van der Waals surface area contributed by atoms with E-state index in [1.807, 2.05) is 44.2 Å². The van der Waals surface area contributed by atoms with Crippen molar-refractivity contribution in [2.45, 2.75) is 32.7 Å². The highest BCUT2D eigenvalue weighted by atomic mass is 16.5. The number of anilines is 1. The Hall–Kier alpha value is -3.16. The van der Waals surface area contributed by atoms with Crippen LogP contribution in [-0.4, -0.2) is 34.4 Å². The Labute approximate surface area is 156 Å². The van der Waals surface area contributed by atoms with Crippen LogP contribution in [0.1, 0.15) is 31.6 Å². The average molecular weight is 370 g/mol. The maximum atomic E-state index is 13.2. The van der Waals surface area contributed by atoms with Crippen LogP contribution in [0.25, 0.3) is 0 Å². The standard InChI is InChI=1S/C19H22N4O4/c1-12(2)10-19(14-7-5-4-6-8-14)17(25)23(18(26)21-19)11-16(24)20-15-9-13(3)27-22-15/h4-9,12H,10-11H2,1-3H3,(H,21,26)(H,20,22,24)/t19-/m1/s1. The third kappa shape index (κ3) is 3.69. The summed E-state index contributed by atoms with van der Waals surface area (Å²) >= 11 is 0. The predicted molar refractivity (Wildman–Crippen MR) is 97.7 cm³/mol. The zero-order valence-corrected chi connectivity index (χ0v) is 15.5. The first-order valence-electron chi connectivity index (χ1n) is 8.74. The highest BCUT2D eigenvalue weighted by Crippen LogP contribution is 2.35. The summed E-state index contributed by atoms with van der Waals surface area (Å²) in [6.45, 7) is 5.25. The minimum atomic E-state index is -1.17. The lowest BCUT2D eigenvalue weighted by molar-refractivity contribution is -0.134. The van der Waals surface area contributed by atoms with Crippen LogP contribution in [0, 0.1) is 12.8 Å². The molecule has 2 heterocycles. The van der Waals surface area contributed by atoms with E-state index >= 15 is 0 Å². The Morgan fingerprint density at radius 3 is 2.59 bits per heavy atom. The van der Waals surface area contributed by atoms with Gasteiger partial charge in [-0.25, -0.2) is 4.79 Å². The number of hydrogen-bond acceptors (Lipinski definition) is 5. The highest BCUT2D eigenvalue weighted by molar-refractivity contribution is 6.10. The van der Waals surface area contributed by atoms with Crippen molar-refractivity contribution >= 4 is 23.7 Å². The Morgan fingerprint density at radius 1 is 1.30 bits per heavy atom. The third-order valence-electron chi connectivity index (χ3n) is 4.35. The third-order valence-corrected chi connectivity index (χ3v) is 4.35. The predicted octanol–water partition coefficient (Wildman–Crippen LogP) is 2.41. The van der Waals surface area contributed by atoms with Crippen molar-refractivity contribution in [3.8, 4) is 0 Å². The van der Waals surface area contributed by atoms with Crippen LogP contribution in [0.4, 0.5) is 10.6 Å². The van der Waals surface area contributed by atoms with Gasteiger partial charge in [0.1, 0.15) is 17.8 Å². The number of benzene rings is 1. The van der Waals surface area contributed by atoms with Crippen molar-refractivity contribution < 1.29 is 18.9 Å². The molecule has 0 bridgehead atoms. The maximum Gasteiger partial charge on any atom is 0.325 e. The largest absolute Gasteiger partial charge is 0.360 e. The molecule has 8 nitrogen and oxygen atoms in total. The van der Waals surface area contributed by atoms with E-state index in [2.05, 4.69) is 15.8 Å². The van der Waals surface area contributed by atoms with E-state index in [1.165, 1.54) is 0 Å². The fourth-order valence-corrected chi connectivity index (χ4v) is 3.31. The number of carbonyl (C=O) groups excluding carboxylic acids is 3. The van der Waals surface area contributed by atoms with E-state index < -0.39 is 29.9 Å². The molecule has 1 aliphatic rings. The molecule has 0 spiro atoms. The number of hydrogen-bond donors (Lipinski definition) is 2. The average Bonchev–Trinajstić information content (AvgIpc) is 3.12. The summed E-state index contributed by atoms with van der Waals surface area (Å²) in [5, 5.41) is 9.01. The molecule has 1 aliphatic heterocycles. The normalized spacial score (nSPS) is 19.5. The number of urea groups is 1. The molecule has 1 aromatic carbocycles. The zero-order valence-electron chi connectivity index (χ0n) is 15.5. The SMILES string of the molecule is Cc1cc(NC(=O)CN2C(=O)N[C@](CC(C)C)(c3ccccc3)C2=O)no1. The number of amides is 4. The molecule has 142 valence electrons. The number of imide groups is 1. The summed E-state index contributed by atoms with van der Waals surface area (Å²) in [5.41, 5.74) is -0.468. The molecule has 1 atom stereocenters. The van der Waals surface area contributed by atoms with Crippen LogP contribution < -0.4 is 10.6 Å². The summed E-state index contributed by atoms with van der Waals surface area (Å²) < 4.78 is 4.89.